The number of ether oxygens (including phenoxy) is 2. The van der Waals surface area contributed by atoms with Crippen molar-refractivity contribution in [3.8, 4) is 11.5 Å². The molecule has 35 heavy (non-hydrogen) atoms. The van der Waals surface area contributed by atoms with Crippen LogP contribution in [0.3, 0.4) is 0 Å². The molecule has 1 heterocycles. The first-order valence-electron chi connectivity index (χ1n) is 11.4. The Morgan fingerprint density at radius 2 is 1.89 bits per heavy atom. The van der Waals surface area contributed by atoms with E-state index in [1.807, 2.05) is 6.07 Å². The molecule has 0 aliphatic heterocycles. The fourth-order valence-electron chi connectivity index (χ4n) is 4.26. The summed E-state index contributed by atoms with van der Waals surface area (Å²) in [5.41, 5.74) is 1.23. The van der Waals surface area contributed by atoms with Crippen molar-refractivity contribution in [1.29, 1.82) is 0 Å². The molecule has 0 radical (unpaired) electrons. The van der Waals surface area contributed by atoms with Gasteiger partial charge in [-0.3, -0.25) is 0 Å². The van der Waals surface area contributed by atoms with Crippen molar-refractivity contribution in [2.24, 2.45) is 0 Å². The third-order valence-corrected chi connectivity index (χ3v) is 8.55. The van der Waals surface area contributed by atoms with Crippen molar-refractivity contribution >= 4 is 44.0 Å². The van der Waals surface area contributed by atoms with Crippen LogP contribution in [0.15, 0.2) is 36.7 Å². The summed E-state index contributed by atoms with van der Waals surface area (Å²) in [6, 6.07) is 7.92. The zero-order valence-electron chi connectivity index (χ0n) is 19.8. The Morgan fingerprint density at radius 3 is 2.54 bits per heavy atom. The van der Waals surface area contributed by atoms with Gasteiger partial charge in [-0.05, 0) is 56.9 Å². The van der Waals surface area contributed by atoms with Gasteiger partial charge in [-0.1, -0.05) is 11.6 Å². The molecule has 1 saturated carbocycles. The van der Waals surface area contributed by atoms with Crippen molar-refractivity contribution in [2.45, 2.75) is 44.8 Å². The first-order valence-corrected chi connectivity index (χ1v) is 13.4. The van der Waals surface area contributed by atoms with Gasteiger partial charge in [0.25, 0.3) is 0 Å². The lowest BCUT2D eigenvalue weighted by Gasteiger charge is -2.34. The minimum atomic E-state index is -3.22. The van der Waals surface area contributed by atoms with Crippen molar-refractivity contribution in [1.82, 2.24) is 14.3 Å². The number of rotatable bonds is 8. The molecule has 3 aromatic rings. The summed E-state index contributed by atoms with van der Waals surface area (Å²) in [5, 5.41) is 3.87. The van der Waals surface area contributed by atoms with E-state index >= 15 is 0 Å². The molecule has 1 fully saturated rings. The van der Waals surface area contributed by atoms with Gasteiger partial charge in [0.05, 0.1) is 29.5 Å². The van der Waals surface area contributed by atoms with Gasteiger partial charge < -0.3 is 14.8 Å². The van der Waals surface area contributed by atoms with E-state index in [2.05, 4.69) is 15.3 Å². The van der Waals surface area contributed by atoms with Crippen LogP contribution in [-0.4, -0.2) is 54.7 Å². The Kier molecular flexibility index (Phi) is 7.63. The standard InChI is InChI=1S/C24H28ClFN4O4S/c1-4-35(31,32)30(2)16-6-8-17(9-7-16)34-23-12-18-21(13-22(23)33-3)27-14-28-24(18)29-15-5-10-20(26)19(25)11-15/h5,10-14,16-17H,4,6-9H2,1-3H3,(H,27,28,29)/t16-,17+. The predicted octanol–water partition coefficient (Wildman–Crippen LogP) is 5.15. The minimum absolute atomic E-state index is 0.00652. The Labute approximate surface area is 209 Å². The van der Waals surface area contributed by atoms with Crippen LogP contribution >= 0.6 is 11.6 Å². The maximum Gasteiger partial charge on any atom is 0.213 e. The summed E-state index contributed by atoms with van der Waals surface area (Å²) in [6.07, 6.45) is 4.24. The number of nitrogens with one attached hydrogen (secondary N) is 1. The van der Waals surface area contributed by atoms with E-state index in [0.29, 0.717) is 33.9 Å². The average Bonchev–Trinajstić information content (AvgIpc) is 2.86. The number of hydrogen-bond acceptors (Lipinski definition) is 7. The SMILES string of the molecule is CCS(=O)(=O)N(C)[C@H]1CC[C@@H](Oc2cc3c(Nc4ccc(F)c(Cl)c4)ncnc3cc2OC)CC1. The smallest absolute Gasteiger partial charge is 0.213 e. The molecule has 8 nitrogen and oxygen atoms in total. The van der Waals surface area contributed by atoms with E-state index in [-0.39, 0.29) is 22.9 Å². The fraction of sp³-hybridized carbons (Fsp3) is 0.417. The highest BCUT2D eigenvalue weighted by molar-refractivity contribution is 7.89. The molecule has 0 bridgehead atoms. The second-order valence-corrected chi connectivity index (χ2v) is 11.2. The van der Waals surface area contributed by atoms with Crippen LogP contribution in [-0.2, 0) is 10.0 Å². The van der Waals surface area contributed by atoms with Crippen LogP contribution in [0.25, 0.3) is 10.9 Å². The van der Waals surface area contributed by atoms with Crippen LogP contribution in [0.1, 0.15) is 32.6 Å². The maximum atomic E-state index is 13.5. The molecule has 1 aliphatic rings. The zero-order valence-corrected chi connectivity index (χ0v) is 21.4. The molecule has 11 heteroatoms. The van der Waals surface area contributed by atoms with Crippen LogP contribution in [0.2, 0.25) is 5.02 Å². The number of sulfonamides is 1. The van der Waals surface area contributed by atoms with Gasteiger partial charge in [0.1, 0.15) is 18.0 Å². The molecule has 4 rings (SSSR count). The highest BCUT2D eigenvalue weighted by Gasteiger charge is 2.30. The van der Waals surface area contributed by atoms with Crippen LogP contribution in [0.5, 0.6) is 11.5 Å². The van der Waals surface area contributed by atoms with Crippen LogP contribution < -0.4 is 14.8 Å². The quantitative estimate of drug-likeness (QED) is 0.437. The van der Waals surface area contributed by atoms with Crippen molar-refractivity contribution < 1.29 is 22.3 Å². The van der Waals surface area contributed by atoms with E-state index in [4.69, 9.17) is 21.1 Å². The molecule has 1 aromatic heterocycles. The molecule has 188 valence electrons. The Balaban J connectivity index is 1.55. The summed E-state index contributed by atoms with van der Waals surface area (Å²) in [7, 11) is -0.00386. The van der Waals surface area contributed by atoms with Gasteiger partial charge in [0.15, 0.2) is 11.5 Å². The predicted molar refractivity (Wildman–Crippen MR) is 135 cm³/mol. The largest absolute Gasteiger partial charge is 0.493 e. The van der Waals surface area contributed by atoms with Gasteiger partial charge in [0, 0.05) is 30.2 Å². The number of fused-ring (bicyclic) bond motifs is 1. The maximum absolute atomic E-state index is 13.5. The number of methoxy groups -OCH3 is 1. The van der Waals surface area contributed by atoms with Gasteiger partial charge in [-0.2, -0.15) is 0 Å². The van der Waals surface area contributed by atoms with Crippen molar-refractivity contribution in [3.63, 3.8) is 0 Å². The average molecular weight is 523 g/mol. The number of anilines is 2. The molecular weight excluding hydrogens is 495 g/mol. The highest BCUT2D eigenvalue weighted by atomic mass is 35.5. The number of hydrogen-bond donors (Lipinski definition) is 1. The Bertz CT molecular complexity index is 1320. The third kappa shape index (κ3) is 5.60. The summed E-state index contributed by atoms with van der Waals surface area (Å²) >= 11 is 5.91. The number of benzene rings is 2. The first kappa shape index (κ1) is 25.4. The Morgan fingerprint density at radius 1 is 1.14 bits per heavy atom. The highest BCUT2D eigenvalue weighted by Crippen LogP contribution is 2.37. The monoisotopic (exact) mass is 522 g/mol. The first-order chi connectivity index (χ1) is 16.7. The molecule has 0 atom stereocenters. The summed E-state index contributed by atoms with van der Waals surface area (Å²) in [5.74, 6) is 1.20. The molecule has 1 aliphatic carbocycles. The number of aromatic nitrogens is 2. The van der Waals surface area contributed by atoms with E-state index in [9.17, 15) is 12.8 Å². The second kappa shape index (κ2) is 10.5. The van der Waals surface area contributed by atoms with Crippen LogP contribution in [0.4, 0.5) is 15.9 Å². The summed E-state index contributed by atoms with van der Waals surface area (Å²) in [6.45, 7) is 1.66. The van der Waals surface area contributed by atoms with Gasteiger partial charge in [-0.15, -0.1) is 0 Å². The van der Waals surface area contributed by atoms with Crippen LogP contribution in [0, 0.1) is 5.82 Å². The fourth-order valence-corrected chi connectivity index (χ4v) is 5.52. The number of halogens is 2. The summed E-state index contributed by atoms with van der Waals surface area (Å²) < 4.78 is 51.3. The molecule has 2 aromatic carbocycles. The molecular formula is C24H28ClFN4O4S. The summed E-state index contributed by atoms with van der Waals surface area (Å²) in [4.78, 5) is 8.68. The topological polar surface area (TPSA) is 93.7 Å². The van der Waals surface area contributed by atoms with Gasteiger partial charge >= 0.3 is 0 Å². The molecule has 0 spiro atoms. The second-order valence-electron chi connectivity index (χ2n) is 8.46. The van der Waals surface area contributed by atoms with Crippen molar-refractivity contribution in [2.75, 3.05) is 25.2 Å². The van der Waals surface area contributed by atoms with Gasteiger partial charge in [0.2, 0.25) is 10.0 Å². The molecule has 1 N–H and O–H groups in total. The minimum Gasteiger partial charge on any atom is -0.493 e. The van der Waals surface area contributed by atoms with E-state index < -0.39 is 15.8 Å². The van der Waals surface area contributed by atoms with E-state index in [1.54, 1.807) is 33.2 Å². The lowest BCUT2D eigenvalue weighted by atomic mass is 9.93. The lowest BCUT2D eigenvalue weighted by Crippen LogP contribution is -2.41. The van der Waals surface area contributed by atoms with Crippen molar-refractivity contribution in [3.05, 3.63) is 47.5 Å². The molecule has 0 unspecified atom stereocenters. The zero-order chi connectivity index (χ0) is 25.2. The van der Waals surface area contributed by atoms with E-state index in [1.165, 1.54) is 22.8 Å². The molecule has 0 amide bonds. The normalized spacial score (nSPS) is 18.6. The van der Waals surface area contributed by atoms with Gasteiger partial charge in [-0.25, -0.2) is 27.1 Å². The molecule has 0 saturated heterocycles. The Hall–Kier alpha value is -2.69. The third-order valence-electron chi connectivity index (χ3n) is 6.36. The van der Waals surface area contributed by atoms with E-state index in [0.717, 1.165) is 25.7 Å². The number of nitrogens with zero attached hydrogens (tertiary/aromatic N) is 3. The lowest BCUT2D eigenvalue weighted by molar-refractivity contribution is 0.122.